The summed E-state index contributed by atoms with van der Waals surface area (Å²) >= 11 is 0. The van der Waals surface area contributed by atoms with Crippen molar-refractivity contribution in [2.24, 2.45) is 0 Å². The van der Waals surface area contributed by atoms with Gasteiger partial charge in [0.15, 0.2) is 0 Å². The van der Waals surface area contributed by atoms with Crippen molar-refractivity contribution in [1.29, 1.82) is 0 Å². The van der Waals surface area contributed by atoms with Gasteiger partial charge in [0.1, 0.15) is 5.78 Å². The van der Waals surface area contributed by atoms with Crippen molar-refractivity contribution >= 4 is 5.78 Å². The first-order valence-corrected chi connectivity index (χ1v) is 6.04. The van der Waals surface area contributed by atoms with Gasteiger partial charge in [0, 0.05) is 19.4 Å². The lowest BCUT2D eigenvalue weighted by Gasteiger charge is -2.16. The zero-order valence-electron chi connectivity index (χ0n) is 10.3. The number of hydrogen-bond donors (Lipinski definition) is 0. The Morgan fingerprint density at radius 1 is 1.12 bits per heavy atom. The van der Waals surface area contributed by atoms with Crippen LogP contribution in [0.2, 0.25) is 0 Å². The average molecular weight is 219 g/mol. The van der Waals surface area contributed by atoms with Gasteiger partial charge >= 0.3 is 0 Å². The van der Waals surface area contributed by atoms with Crippen LogP contribution in [0.25, 0.3) is 0 Å². The van der Waals surface area contributed by atoms with E-state index < -0.39 is 0 Å². The molecule has 0 aromatic heterocycles. The second kappa shape index (κ2) is 7.18. The number of nitrogens with zero attached hydrogens (tertiary/aromatic N) is 1. The fourth-order valence-electron chi connectivity index (χ4n) is 1.73. The fourth-order valence-corrected chi connectivity index (χ4v) is 1.73. The third-order valence-corrected chi connectivity index (χ3v) is 2.85. The number of carbonyl (C=O) groups is 1. The van der Waals surface area contributed by atoms with Crippen LogP contribution in [0.15, 0.2) is 30.3 Å². The molecule has 2 nitrogen and oxygen atoms in total. The van der Waals surface area contributed by atoms with Crippen molar-refractivity contribution in [3.63, 3.8) is 0 Å². The number of ketones is 1. The summed E-state index contributed by atoms with van der Waals surface area (Å²) in [7, 11) is 0. The summed E-state index contributed by atoms with van der Waals surface area (Å²) in [5.41, 5.74) is 1.12. The Hall–Kier alpha value is -1.15. The molecule has 0 bridgehead atoms. The highest BCUT2D eigenvalue weighted by Gasteiger charge is 2.06. The minimum atomic E-state index is 0.332. The average Bonchev–Trinajstić information content (AvgIpc) is 2.31. The van der Waals surface area contributed by atoms with Crippen molar-refractivity contribution in [3.05, 3.63) is 35.9 Å². The third kappa shape index (κ3) is 4.58. The van der Waals surface area contributed by atoms with Gasteiger partial charge in [-0.25, -0.2) is 0 Å². The Labute approximate surface area is 98.3 Å². The molecule has 0 aliphatic rings. The molecule has 0 atom stereocenters. The van der Waals surface area contributed by atoms with Gasteiger partial charge in [-0.15, -0.1) is 0 Å². The monoisotopic (exact) mass is 219 g/mol. The van der Waals surface area contributed by atoms with Gasteiger partial charge in [0.25, 0.3) is 0 Å². The Kier molecular flexibility index (Phi) is 5.79. The second-order valence-electron chi connectivity index (χ2n) is 3.98. The molecule has 0 amide bonds. The largest absolute Gasteiger partial charge is 0.303 e. The summed E-state index contributed by atoms with van der Waals surface area (Å²) in [6, 6.07) is 9.95. The van der Waals surface area contributed by atoms with E-state index in [1.807, 2.05) is 30.3 Å². The lowest BCUT2D eigenvalue weighted by molar-refractivity contribution is -0.118. The molecule has 1 rings (SSSR count). The van der Waals surface area contributed by atoms with Crippen LogP contribution in [0.1, 0.15) is 25.8 Å². The van der Waals surface area contributed by atoms with E-state index in [4.69, 9.17) is 0 Å². The molecule has 1 aromatic carbocycles. The molecule has 0 heterocycles. The summed E-state index contributed by atoms with van der Waals surface area (Å²) < 4.78 is 0. The van der Waals surface area contributed by atoms with Gasteiger partial charge < -0.3 is 4.90 Å². The van der Waals surface area contributed by atoms with Crippen LogP contribution in [0.3, 0.4) is 0 Å². The molecular weight excluding hydrogens is 198 g/mol. The standard InChI is InChI=1S/C14H21NO/c1-3-15(4-2)11-10-14(16)12-13-8-6-5-7-9-13/h5-9H,3-4,10-12H2,1-2H3. The maximum Gasteiger partial charge on any atom is 0.138 e. The van der Waals surface area contributed by atoms with Gasteiger partial charge in [-0.1, -0.05) is 44.2 Å². The molecule has 1 aromatic rings. The van der Waals surface area contributed by atoms with E-state index in [2.05, 4.69) is 18.7 Å². The molecule has 0 N–H and O–H groups in total. The Morgan fingerprint density at radius 3 is 2.31 bits per heavy atom. The molecule has 0 saturated carbocycles. The van der Waals surface area contributed by atoms with E-state index in [1.165, 1.54) is 0 Å². The minimum Gasteiger partial charge on any atom is -0.303 e. The third-order valence-electron chi connectivity index (χ3n) is 2.85. The maximum atomic E-state index is 11.7. The van der Waals surface area contributed by atoms with Crippen molar-refractivity contribution in [3.8, 4) is 0 Å². The SMILES string of the molecule is CCN(CC)CCC(=O)Cc1ccccc1. The van der Waals surface area contributed by atoms with Crippen LogP contribution in [0.5, 0.6) is 0 Å². The highest BCUT2D eigenvalue weighted by atomic mass is 16.1. The van der Waals surface area contributed by atoms with E-state index in [9.17, 15) is 4.79 Å². The van der Waals surface area contributed by atoms with Crippen LogP contribution in [-0.2, 0) is 11.2 Å². The summed E-state index contributed by atoms with van der Waals surface area (Å²) in [4.78, 5) is 14.0. The van der Waals surface area contributed by atoms with Crippen LogP contribution in [-0.4, -0.2) is 30.3 Å². The van der Waals surface area contributed by atoms with Crippen molar-refractivity contribution < 1.29 is 4.79 Å². The Morgan fingerprint density at radius 2 is 1.75 bits per heavy atom. The molecule has 0 spiro atoms. The fraction of sp³-hybridized carbons (Fsp3) is 0.500. The molecular formula is C14H21NO. The quantitative estimate of drug-likeness (QED) is 0.702. The van der Waals surface area contributed by atoms with E-state index in [1.54, 1.807) is 0 Å². The van der Waals surface area contributed by atoms with Gasteiger partial charge in [-0.05, 0) is 18.7 Å². The first-order valence-electron chi connectivity index (χ1n) is 6.04. The highest BCUT2D eigenvalue weighted by Crippen LogP contribution is 2.02. The van der Waals surface area contributed by atoms with Crippen LogP contribution >= 0.6 is 0 Å². The van der Waals surface area contributed by atoms with Gasteiger partial charge in [0.05, 0.1) is 0 Å². The van der Waals surface area contributed by atoms with E-state index in [-0.39, 0.29) is 0 Å². The highest BCUT2D eigenvalue weighted by molar-refractivity contribution is 5.80. The summed E-state index contributed by atoms with van der Waals surface area (Å²) in [6.07, 6.45) is 1.23. The lowest BCUT2D eigenvalue weighted by Crippen LogP contribution is -2.26. The van der Waals surface area contributed by atoms with Gasteiger partial charge in [-0.2, -0.15) is 0 Å². The van der Waals surface area contributed by atoms with E-state index in [0.29, 0.717) is 18.6 Å². The minimum absolute atomic E-state index is 0.332. The summed E-state index contributed by atoms with van der Waals surface area (Å²) in [6.45, 7) is 7.19. The molecule has 0 fully saturated rings. The van der Waals surface area contributed by atoms with Crippen molar-refractivity contribution in [2.45, 2.75) is 26.7 Å². The van der Waals surface area contributed by atoms with Gasteiger partial charge in [-0.3, -0.25) is 4.79 Å². The molecule has 0 aliphatic heterocycles. The molecule has 0 radical (unpaired) electrons. The topological polar surface area (TPSA) is 20.3 Å². The van der Waals surface area contributed by atoms with Crippen LogP contribution in [0, 0.1) is 0 Å². The zero-order chi connectivity index (χ0) is 11.8. The van der Waals surface area contributed by atoms with Crippen molar-refractivity contribution in [1.82, 2.24) is 4.90 Å². The normalized spacial score (nSPS) is 10.7. The van der Waals surface area contributed by atoms with E-state index in [0.717, 1.165) is 25.2 Å². The molecule has 16 heavy (non-hydrogen) atoms. The number of hydrogen-bond acceptors (Lipinski definition) is 2. The number of rotatable bonds is 7. The summed E-state index contributed by atoms with van der Waals surface area (Å²) in [5.74, 6) is 0.332. The molecule has 0 unspecified atom stereocenters. The molecule has 0 aliphatic carbocycles. The van der Waals surface area contributed by atoms with Crippen LogP contribution in [0.4, 0.5) is 0 Å². The first-order chi connectivity index (χ1) is 7.76. The number of benzene rings is 1. The summed E-state index contributed by atoms with van der Waals surface area (Å²) in [5, 5.41) is 0. The van der Waals surface area contributed by atoms with Gasteiger partial charge in [0.2, 0.25) is 0 Å². The smallest absolute Gasteiger partial charge is 0.138 e. The molecule has 0 saturated heterocycles. The van der Waals surface area contributed by atoms with Crippen LogP contribution < -0.4 is 0 Å². The van der Waals surface area contributed by atoms with E-state index >= 15 is 0 Å². The first kappa shape index (κ1) is 12.9. The Bertz CT molecular complexity index is 304. The maximum absolute atomic E-state index is 11.7. The number of carbonyl (C=O) groups excluding carboxylic acids is 1. The number of Topliss-reactive ketones (excluding diaryl/α,β-unsaturated/α-hetero) is 1. The predicted molar refractivity (Wildman–Crippen MR) is 67.6 cm³/mol. The zero-order valence-corrected chi connectivity index (χ0v) is 10.3. The lowest BCUT2D eigenvalue weighted by atomic mass is 10.1. The molecule has 88 valence electrons. The van der Waals surface area contributed by atoms with Crippen molar-refractivity contribution in [2.75, 3.05) is 19.6 Å². The predicted octanol–water partition coefficient (Wildman–Crippen LogP) is 2.53. The second-order valence-corrected chi connectivity index (χ2v) is 3.98. The Balaban J connectivity index is 2.31. The molecule has 2 heteroatoms.